The lowest BCUT2D eigenvalue weighted by Crippen LogP contribution is -2.40. The van der Waals surface area contributed by atoms with E-state index >= 15 is 0 Å². The Morgan fingerprint density at radius 1 is 1.34 bits per heavy atom. The minimum absolute atomic E-state index is 0.0663. The van der Waals surface area contributed by atoms with E-state index in [2.05, 4.69) is 26.7 Å². The second-order valence-electron chi connectivity index (χ2n) is 9.32. The third kappa shape index (κ3) is 5.74. The lowest BCUT2D eigenvalue weighted by Gasteiger charge is -2.29. The number of aldehydes is 1. The molecule has 4 rings (SSSR count). The number of urea groups is 1. The summed E-state index contributed by atoms with van der Waals surface area (Å²) < 4.78 is 10.4. The van der Waals surface area contributed by atoms with Crippen LogP contribution < -0.4 is 15.5 Å². The van der Waals surface area contributed by atoms with Crippen molar-refractivity contribution >= 4 is 35.5 Å². The number of fused-ring (bicyclic) bond motifs is 1. The van der Waals surface area contributed by atoms with Crippen molar-refractivity contribution in [1.82, 2.24) is 14.9 Å². The zero-order valence-corrected chi connectivity index (χ0v) is 21.7. The quantitative estimate of drug-likeness (QED) is 0.474. The number of hydrogen-bond donors (Lipinski definition) is 2. The molecule has 2 aliphatic rings. The number of nitrogens with zero attached hydrogens (tertiary/aromatic N) is 5. The van der Waals surface area contributed by atoms with Crippen LogP contribution in [0.2, 0.25) is 0 Å². The second kappa shape index (κ2) is 12.0. The number of hydrogen-bond acceptors (Lipinski definition) is 9. The standard InChI is InChI=1S/C26H31N7O5/c1-16(15-37-2)29-20-10-23(28-12-19(20)11-27)31-26(36)33-7-4-5-17-9-18(21(14-34)30-24(17)33)13-32-8-6-22(38-3)25(32)35/h9-10,12,14,16,22H,4-8,13,15H2,1-3H3,(H2,28,29,31,36)/t16-,22+/m1/s1. The average Bonchev–Trinajstić information content (AvgIpc) is 3.26. The number of amides is 3. The number of nitriles is 1. The number of anilines is 3. The highest BCUT2D eigenvalue weighted by atomic mass is 16.5. The SMILES string of the molecule is COC[C@@H](C)Nc1cc(NC(=O)N2CCCc3cc(CN4CC[C@H](OC)C4=O)c(C=O)nc32)ncc1C#N. The van der Waals surface area contributed by atoms with Gasteiger partial charge in [0.15, 0.2) is 6.29 Å². The van der Waals surface area contributed by atoms with E-state index in [1.807, 2.05) is 13.0 Å². The van der Waals surface area contributed by atoms with Crippen LogP contribution in [0, 0.1) is 11.3 Å². The molecule has 12 heteroatoms. The van der Waals surface area contributed by atoms with Crippen LogP contribution in [0.1, 0.15) is 46.9 Å². The van der Waals surface area contributed by atoms with Crippen molar-refractivity contribution in [3.8, 4) is 6.07 Å². The molecule has 0 saturated carbocycles. The molecule has 3 amide bonds. The molecule has 200 valence electrons. The van der Waals surface area contributed by atoms with Crippen molar-refractivity contribution in [3.05, 3.63) is 40.7 Å². The highest BCUT2D eigenvalue weighted by Gasteiger charge is 2.33. The summed E-state index contributed by atoms with van der Waals surface area (Å²) in [5, 5.41) is 15.4. The summed E-state index contributed by atoms with van der Waals surface area (Å²) in [5.41, 5.74) is 2.52. The van der Waals surface area contributed by atoms with E-state index in [1.54, 1.807) is 18.1 Å². The summed E-state index contributed by atoms with van der Waals surface area (Å²) in [6, 6.07) is 5.03. The first-order chi connectivity index (χ1) is 18.4. The van der Waals surface area contributed by atoms with Crippen LogP contribution >= 0.6 is 0 Å². The first-order valence-electron chi connectivity index (χ1n) is 12.4. The van der Waals surface area contributed by atoms with Gasteiger partial charge in [-0.1, -0.05) is 0 Å². The monoisotopic (exact) mass is 521 g/mol. The zero-order valence-electron chi connectivity index (χ0n) is 21.7. The van der Waals surface area contributed by atoms with Gasteiger partial charge in [-0.3, -0.25) is 19.8 Å². The molecule has 0 aliphatic carbocycles. The number of ether oxygens (including phenoxy) is 2. The van der Waals surface area contributed by atoms with Crippen molar-refractivity contribution in [3.63, 3.8) is 0 Å². The van der Waals surface area contributed by atoms with E-state index in [1.165, 1.54) is 18.2 Å². The minimum Gasteiger partial charge on any atom is -0.383 e. The van der Waals surface area contributed by atoms with Crippen LogP contribution in [0.3, 0.4) is 0 Å². The highest BCUT2D eigenvalue weighted by molar-refractivity contribution is 6.02. The van der Waals surface area contributed by atoms with Gasteiger partial charge >= 0.3 is 6.03 Å². The van der Waals surface area contributed by atoms with Gasteiger partial charge in [0.25, 0.3) is 5.91 Å². The molecule has 0 bridgehead atoms. The molecule has 2 aliphatic heterocycles. The summed E-state index contributed by atoms with van der Waals surface area (Å²) in [4.78, 5) is 49.6. The predicted octanol–water partition coefficient (Wildman–Crippen LogP) is 2.34. The van der Waals surface area contributed by atoms with E-state index in [-0.39, 0.29) is 30.0 Å². The number of likely N-dealkylation sites (tertiary alicyclic amines) is 1. The number of carbonyl (C=O) groups excluding carboxylic acids is 3. The van der Waals surface area contributed by atoms with E-state index < -0.39 is 12.1 Å². The Bertz CT molecular complexity index is 1260. The molecular weight excluding hydrogens is 490 g/mol. The molecular formula is C26H31N7O5. The molecule has 2 atom stereocenters. The third-order valence-corrected chi connectivity index (χ3v) is 6.60. The highest BCUT2D eigenvalue weighted by Crippen LogP contribution is 2.29. The van der Waals surface area contributed by atoms with E-state index in [4.69, 9.17) is 9.47 Å². The Kier molecular flexibility index (Phi) is 8.50. The second-order valence-corrected chi connectivity index (χ2v) is 9.32. The largest absolute Gasteiger partial charge is 0.383 e. The molecule has 38 heavy (non-hydrogen) atoms. The molecule has 12 nitrogen and oxygen atoms in total. The topological polar surface area (TPSA) is 150 Å². The fourth-order valence-corrected chi connectivity index (χ4v) is 4.74. The minimum atomic E-state index is -0.464. The van der Waals surface area contributed by atoms with Crippen molar-refractivity contribution in [2.75, 3.05) is 49.4 Å². The van der Waals surface area contributed by atoms with Crippen molar-refractivity contribution in [2.24, 2.45) is 0 Å². The average molecular weight is 522 g/mol. The molecule has 2 N–H and O–H groups in total. The van der Waals surface area contributed by atoms with Gasteiger partial charge in [-0.15, -0.1) is 0 Å². The lowest BCUT2D eigenvalue weighted by atomic mass is 10.0. The number of nitrogens with one attached hydrogen (secondary N) is 2. The van der Waals surface area contributed by atoms with Crippen molar-refractivity contribution in [2.45, 2.75) is 44.9 Å². The number of methoxy groups -OCH3 is 2. The number of aryl methyl sites for hydroxylation is 1. The van der Waals surface area contributed by atoms with Gasteiger partial charge in [0, 0.05) is 64.1 Å². The smallest absolute Gasteiger partial charge is 0.328 e. The Balaban J connectivity index is 1.54. The Labute approximate surface area is 220 Å². The fraction of sp³-hybridized carbons (Fsp3) is 0.462. The molecule has 1 fully saturated rings. The van der Waals surface area contributed by atoms with Gasteiger partial charge in [-0.2, -0.15) is 5.26 Å². The Hall–Kier alpha value is -4.08. The molecule has 1 saturated heterocycles. The van der Waals surface area contributed by atoms with Gasteiger partial charge < -0.3 is 19.7 Å². The van der Waals surface area contributed by atoms with Gasteiger partial charge in [0.2, 0.25) is 0 Å². The molecule has 2 aromatic heterocycles. The van der Waals surface area contributed by atoms with Crippen molar-refractivity contribution in [1.29, 1.82) is 5.26 Å². The predicted molar refractivity (Wildman–Crippen MR) is 139 cm³/mol. The van der Waals surface area contributed by atoms with Crippen LogP contribution in [0.5, 0.6) is 0 Å². The molecule has 4 heterocycles. The van der Waals surface area contributed by atoms with Crippen LogP contribution in [0.25, 0.3) is 0 Å². The van der Waals surface area contributed by atoms with E-state index in [0.29, 0.717) is 67.9 Å². The van der Waals surface area contributed by atoms with Crippen LogP contribution in [-0.2, 0) is 27.2 Å². The van der Waals surface area contributed by atoms with E-state index in [0.717, 1.165) is 5.56 Å². The van der Waals surface area contributed by atoms with Crippen LogP contribution in [0.15, 0.2) is 18.3 Å². The number of pyridine rings is 2. The van der Waals surface area contributed by atoms with Gasteiger partial charge in [0.1, 0.15) is 29.5 Å². The molecule has 0 radical (unpaired) electrons. The summed E-state index contributed by atoms with van der Waals surface area (Å²) in [5.74, 6) is 0.562. The maximum Gasteiger partial charge on any atom is 0.328 e. The first-order valence-corrected chi connectivity index (χ1v) is 12.4. The summed E-state index contributed by atoms with van der Waals surface area (Å²) in [7, 11) is 3.10. The zero-order chi connectivity index (χ0) is 27.2. The normalized spacial score (nSPS) is 17.5. The maximum absolute atomic E-state index is 13.3. The van der Waals surface area contributed by atoms with Gasteiger partial charge in [-0.05, 0) is 31.4 Å². The Morgan fingerprint density at radius 3 is 2.84 bits per heavy atom. The molecule has 2 aromatic rings. The Morgan fingerprint density at radius 2 is 2.16 bits per heavy atom. The van der Waals surface area contributed by atoms with Crippen LogP contribution in [0.4, 0.5) is 22.1 Å². The third-order valence-electron chi connectivity index (χ3n) is 6.60. The van der Waals surface area contributed by atoms with Gasteiger partial charge in [0.05, 0.1) is 17.9 Å². The van der Waals surface area contributed by atoms with Crippen molar-refractivity contribution < 1.29 is 23.9 Å². The van der Waals surface area contributed by atoms with Crippen LogP contribution in [-0.4, -0.2) is 79.2 Å². The maximum atomic E-state index is 13.3. The summed E-state index contributed by atoms with van der Waals surface area (Å²) >= 11 is 0. The first kappa shape index (κ1) is 27.0. The van der Waals surface area contributed by atoms with E-state index in [9.17, 15) is 19.6 Å². The number of carbonyl (C=O) groups is 3. The fourth-order valence-electron chi connectivity index (χ4n) is 4.74. The summed E-state index contributed by atoms with van der Waals surface area (Å²) in [6.07, 6.45) is 3.57. The molecule has 0 unspecified atom stereocenters. The molecule has 0 spiro atoms. The van der Waals surface area contributed by atoms with Gasteiger partial charge in [-0.25, -0.2) is 14.8 Å². The number of aromatic nitrogens is 2. The number of rotatable bonds is 9. The summed E-state index contributed by atoms with van der Waals surface area (Å²) in [6.45, 7) is 3.56. The molecule has 0 aromatic carbocycles. The lowest BCUT2D eigenvalue weighted by molar-refractivity contribution is -0.136.